The summed E-state index contributed by atoms with van der Waals surface area (Å²) in [6.45, 7) is 15.3. The molecule has 20 nitrogen and oxygen atoms in total. The number of hydrogen-bond donors (Lipinski definition) is 0. The van der Waals surface area contributed by atoms with E-state index in [0.717, 1.165) is 68.8 Å². The van der Waals surface area contributed by atoms with Gasteiger partial charge in [-0.1, -0.05) is 74.3 Å². The molecule has 11 rings (SSSR count). The maximum atomic E-state index is 13.7. The first-order valence-corrected chi connectivity index (χ1v) is 34.3. The highest BCUT2D eigenvalue weighted by molar-refractivity contribution is 5.95. The second kappa shape index (κ2) is 36.9. The fourth-order valence-electron chi connectivity index (χ4n) is 11.3. The van der Waals surface area contributed by atoms with E-state index in [9.17, 15) is 38.4 Å². The Morgan fingerprint density at radius 2 is 0.491 bits per heavy atom. The quantitative estimate of drug-likeness (QED) is 0.00949. The van der Waals surface area contributed by atoms with Crippen LogP contribution in [0.2, 0.25) is 0 Å². The highest BCUT2D eigenvalue weighted by atomic mass is 16.6. The van der Waals surface area contributed by atoms with Crippen molar-refractivity contribution >= 4 is 47.8 Å². The van der Waals surface area contributed by atoms with Gasteiger partial charge >= 0.3 is 47.8 Å². The average Bonchev–Trinajstić information content (AvgIpc) is 1.61. The molecule has 20 heteroatoms. The Bertz CT molecular complexity index is 4420. The first kappa shape index (κ1) is 75.2. The lowest BCUT2D eigenvalue weighted by Gasteiger charge is -2.11. The minimum Gasteiger partial charge on any atom is -0.493 e. The topological polar surface area (TPSA) is 247 Å². The van der Waals surface area contributed by atoms with Crippen molar-refractivity contribution in [3.63, 3.8) is 0 Å². The molecule has 542 valence electrons. The molecule has 0 saturated heterocycles. The molecule has 0 heterocycles. The van der Waals surface area contributed by atoms with Crippen LogP contribution in [0.1, 0.15) is 112 Å². The summed E-state index contributed by atoms with van der Waals surface area (Å²) in [6.07, 6.45) is 6.15. The van der Waals surface area contributed by atoms with Gasteiger partial charge in [0.15, 0.2) is 0 Å². The summed E-state index contributed by atoms with van der Waals surface area (Å²) >= 11 is 0. The highest BCUT2D eigenvalue weighted by Crippen LogP contribution is 2.49. The maximum Gasteiger partial charge on any atom is 0.343 e. The van der Waals surface area contributed by atoms with E-state index < -0.39 is 59.6 Å². The highest BCUT2D eigenvalue weighted by Gasteiger charge is 2.32. The first-order chi connectivity index (χ1) is 52.6. The van der Waals surface area contributed by atoms with Gasteiger partial charge < -0.3 is 56.8 Å². The smallest absolute Gasteiger partial charge is 0.343 e. The van der Waals surface area contributed by atoms with Crippen LogP contribution in [0.15, 0.2) is 245 Å². The monoisotopic (exact) mass is 1450 g/mol. The van der Waals surface area contributed by atoms with Gasteiger partial charge in [0.1, 0.15) is 46.0 Å². The molecule has 0 fully saturated rings. The predicted octanol–water partition coefficient (Wildman–Crippen LogP) is 14.9. The molecule has 0 atom stereocenters. The van der Waals surface area contributed by atoms with Crippen LogP contribution in [-0.2, 0) is 38.1 Å². The SMILES string of the molecule is C=CC(=O)OCCCOc1ccc(C(=O)Oc2ccc3c(c2)C(C#Cc2ccc(C#CC4c5cc(OC(=O)c6ccc(OCCCOC(=O)C=C)cc6)ccc5-c5ccc(OC(=O)c6ccc(OCCCOC(=O)C=C)cc6)cc54)cc2)c2cc(OC(=O)c4ccc(OCCCOC(=O)C=C)cc4)ccc2-3)cc1. The Hall–Kier alpha value is -14.0. The third-order valence-corrected chi connectivity index (χ3v) is 16.6. The number of carbonyl (C=O) groups is 8. The van der Waals surface area contributed by atoms with Gasteiger partial charge in [0.05, 0.1) is 86.9 Å². The van der Waals surface area contributed by atoms with Crippen LogP contribution in [0.4, 0.5) is 0 Å². The Balaban J connectivity index is 0.831. The van der Waals surface area contributed by atoms with Crippen molar-refractivity contribution in [3.8, 4) is 91.9 Å². The van der Waals surface area contributed by atoms with E-state index in [0.29, 0.717) is 59.8 Å². The molecule has 0 aliphatic heterocycles. The molecule has 0 spiro atoms. The molecular formula is C88H70O20. The Morgan fingerprint density at radius 3 is 0.704 bits per heavy atom. The number of benzene rings is 9. The zero-order valence-electron chi connectivity index (χ0n) is 58.4. The molecule has 0 N–H and O–H groups in total. The van der Waals surface area contributed by atoms with Gasteiger partial charge in [-0.2, -0.15) is 0 Å². The van der Waals surface area contributed by atoms with Crippen LogP contribution in [-0.4, -0.2) is 101 Å². The lowest BCUT2D eigenvalue weighted by molar-refractivity contribution is -0.138. The normalized spacial score (nSPS) is 11.3. The van der Waals surface area contributed by atoms with Gasteiger partial charge in [0.25, 0.3) is 0 Å². The first-order valence-electron chi connectivity index (χ1n) is 34.3. The van der Waals surface area contributed by atoms with Crippen molar-refractivity contribution < 1.29 is 95.2 Å². The Labute approximate surface area is 622 Å². The predicted molar refractivity (Wildman–Crippen MR) is 398 cm³/mol. The van der Waals surface area contributed by atoms with Crippen molar-refractivity contribution in [2.75, 3.05) is 52.9 Å². The third kappa shape index (κ3) is 20.3. The number of fused-ring (bicyclic) bond motifs is 6. The molecule has 0 bridgehead atoms. The Kier molecular flexibility index (Phi) is 25.7. The standard InChI is InChI=1S/C88H70O20/c1-5-81(89)101-49-9-45-97-63-27-19-59(20-28-63)85(93)105-67-35-41-71-72-42-36-68(106-86(94)60-21-29-64(30-22-60)98-46-10-50-102-82(90)6-2)54-78(72)75(77(71)53-67)39-17-57-13-15-58(16-14-57)18-40-76-79-55-69(107-87(95)61-23-31-65(32-24-61)99-47-11-51-103-83(91)7-3)37-43-73(79)74-44-38-70(56-80(74)76)108-88(96)62-25-33-66(34-26-62)100-48-12-52-104-84(92)8-4/h5-8,13-16,19-38,41-44,53-56,75-76H,1-4,9-12,45-52H2. The lowest BCUT2D eigenvalue weighted by atomic mass is 9.96. The minimum absolute atomic E-state index is 0.161. The van der Waals surface area contributed by atoms with Gasteiger partial charge in [0, 0.05) is 61.1 Å². The van der Waals surface area contributed by atoms with Crippen molar-refractivity contribution in [2.24, 2.45) is 0 Å². The second-order valence-electron chi connectivity index (χ2n) is 23.9. The molecule has 0 saturated carbocycles. The Morgan fingerprint density at radius 1 is 0.278 bits per heavy atom. The number of ether oxygens (including phenoxy) is 12. The molecule has 9 aromatic rings. The molecule has 9 aromatic carbocycles. The molecule has 2 aliphatic rings. The molecule has 0 radical (unpaired) electrons. The molecule has 2 aliphatic carbocycles. The van der Waals surface area contributed by atoms with Crippen LogP contribution in [0.5, 0.6) is 46.0 Å². The molecule has 0 aromatic heterocycles. The number of hydrogen-bond acceptors (Lipinski definition) is 20. The molecule has 108 heavy (non-hydrogen) atoms. The summed E-state index contributed by atoms with van der Waals surface area (Å²) in [5.74, 6) is 10.9. The van der Waals surface area contributed by atoms with Gasteiger partial charge in [-0.15, -0.1) is 0 Å². The fourth-order valence-corrected chi connectivity index (χ4v) is 11.3. The van der Waals surface area contributed by atoms with E-state index in [4.69, 9.17) is 56.8 Å². The fraction of sp³-hybridized carbons (Fsp3) is 0.159. The lowest BCUT2D eigenvalue weighted by Crippen LogP contribution is -2.09. The number of carbonyl (C=O) groups excluding carboxylic acids is 8. The summed E-state index contributed by atoms with van der Waals surface area (Å²) in [4.78, 5) is 100. The number of rotatable bonds is 32. The van der Waals surface area contributed by atoms with Crippen LogP contribution >= 0.6 is 0 Å². The van der Waals surface area contributed by atoms with E-state index >= 15 is 0 Å². The zero-order valence-corrected chi connectivity index (χ0v) is 58.4. The van der Waals surface area contributed by atoms with Gasteiger partial charge in [-0.25, -0.2) is 38.4 Å². The maximum absolute atomic E-state index is 13.7. The van der Waals surface area contributed by atoms with E-state index in [-0.39, 0.29) is 98.1 Å². The van der Waals surface area contributed by atoms with Crippen molar-refractivity contribution in [1.29, 1.82) is 0 Å². The van der Waals surface area contributed by atoms with E-state index in [1.807, 2.05) is 48.5 Å². The minimum atomic E-state index is -0.616. The van der Waals surface area contributed by atoms with Crippen LogP contribution < -0.4 is 37.9 Å². The summed E-state index contributed by atoms with van der Waals surface area (Å²) < 4.78 is 67.0. The summed E-state index contributed by atoms with van der Waals surface area (Å²) in [5.41, 5.74) is 8.57. The second-order valence-corrected chi connectivity index (χ2v) is 23.9. The van der Waals surface area contributed by atoms with Crippen LogP contribution in [0.3, 0.4) is 0 Å². The van der Waals surface area contributed by atoms with E-state index in [1.54, 1.807) is 146 Å². The van der Waals surface area contributed by atoms with Crippen molar-refractivity contribution in [1.82, 2.24) is 0 Å². The van der Waals surface area contributed by atoms with E-state index in [2.05, 4.69) is 50.0 Å². The third-order valence-electron chi connectivity index (χ3n) is 16.6. The van der Waals surface area contributed by atoms with Crippen LogP contribution in [0.25, 0.3) is 22.3 Å². The molecular weight excluding hydrogens is 1380 g/mol. The van der Waals surface area contributed by atoms with Gasteiger partial charge in [0.2, 0.25) is 0 Å². The summed E-state index contributed by atoms with van der Waals surface area (Å²) in [7, 11) is 0. The zero-order chi connectivity index (χ0) is 75.7. The molecule has 0 amide bonds. The van der Waals surface area contributed by atoms with E-state index in [1.165, 1.54) is 0 Å². The molecule has 0 unspecified atom stereocenters. The van der Waals surface area contributed by atoms with Gasteiger partial charge in [-0.05, 0) is 214 Å². The van der Waals surface area contributed by atoms with Gasteiger partial charge in [-0.3, -0.25) is 0 Å². The average molecular weight is 1450 g/mol. The number of esters is 8. The largest absolute Gasteiger partial charge is 0.493 e. The summed E-state index contributed by atoms with van der Waals surface area (Å²) in [6, 6.07) is 54.5. The van der Waals surface area contributed by atoms with Crippen molar-refractivity contribution in [3.05, 3.63) is 300 Å². The summed E-state index contributed by atoms with van der Waals surface area (Å²) in [5, 5.41) is 0. The van der Waals surface area contributed by atoms with Crippen molar-refractivity contribution in [2.45, 2.75) is 37.5 Å². The van der Waals surface area contributed by atoms with Crippen LogP contribution in [0, 0.1) is 23.7 Å².